The van der Waals surface area contributed by atoms with Gasteiger partial charge in [0.1, 0.15) is 0 Å². The number of fused-ring (bicyclic) bond motifs is 6. The Kier molecular flexibility index (Phi) is 2.71. The van der Waals surface area contributed by atoms with Crippen LogP contribution in [-0.2, 0) is 6.42 Å². The maximum Gasteiger partial charge on any atom is -0.00819 e. The van der Waals surface area contributed by atoms with Crippen LogP contribution >= 0.6 is 0 Å². The molecular formula is C21H18. The second kappa shape index (κ2) is 4.60. The Hall–Kier alpha value is -2.34. The van der Waals surface area contributed by atoms with E-state index in [1.807, 2.05) is 0 Å². The van der Waals surface area contributed by atoms with Crippen LogP contribution in [0, 0.1) is 6.92 Å². The summed E-state index contributed by atoms with van der Waals surface area (Å²) in [6.07, 6.45) is 7.86. The van der Waals surface area contributed by atoms with Crippen molar-refractivity contribution in [1.29, 1.82) is 0 Å². The van der Waals surface area contributed by atoms with Crippen LogP contribution in [-0.4, -0.2) is 0 Å². The lowest BCUT2D eigenvalue weighted by Gasteiger charge is -2.14. The molecule has 3 aromatic carbocycles. The molecule has 102 valence electrons. The molecule has 3 aromatic rings. The lowest BCUT2D eigenvalue weighted by atomic mass is 9.89. The van der Waals surface area contributed by atoms with Gasteiger partial charge in [-0.3, -0.25) is 0 Å². The molecule has 0 bridgehead atoms. The fraction of sp³-hybridized carbons (Fsp3) is 0.143. The van der Waals surface area contributed by atoms with Crippen LogP contribution < -0.4 is 0 Å². The van der Waals surface area contributed by atoms with E-state index in [0.717, 1.165) is 6.42 Å². The molecule has 0 aliphatic heterocycles. The highest BCUT2D eigenvalue weighted by molar-refractivity contribution is 6.13. The van der Waals surface area contributed by atoms with Crippen molar-refractivity contribution in [2.45, 2.75) is 20.3 Å². The third-order valence-corrected chi connectivity index (χ3v) is 4.41. The molecule has 1 aliphatic rings. The lowest BCUT2D eigenvalue weighted by Crippen LogP contribution is -1.93. The summed E-state index contributed by atoms with van der Waals surface area (Å²) in [6, 6.07) is 15.6. The van der Waals surface area contributed by atoms with E-state index in [1.165, 1.54) is 43.8 Å². The molecule has 0 aromatic heterocycles. The van der Waals surface area contributed by atoms with Gasteiger partial charge < -0.3 is 0 Å². The Morgan fingerprint density at radius 3 is 2.48 bits per heavy atom. The van der Waals surface area contributed by atoms with Crippen molar-refractivity contribution in [3.8, 4) is 0 Å². The predicted molar refractivity (Wildman–Crippen MR) is 92.7 cm³/mol. The van der Waals surface area contributed by atoms with Gasteiger partial charge >= 0.3 is 0 Å². The fourth-order valence-corrected chi connectivity index (χ4v) is 3.43. The molecule has 0 unspecified atom stereocenters. The van der Waals surface area contributed by atoms with Gasteiger partial charge in [0.15, 0.2) is 0 Å². The van der Waals surface area contributed by atoms with Gasteiger partial charge in [-0.2, -0.15) is 0 Å². The average Bonchev–Trinajstić information content (AvgIpc) is 2.69. The standard InChI is InChI=1S/C21H18/c1-14-6-5-9-18-19-11-10-15(2)13-21(19)17-8-4-3-7-16(17)20(18)12-14/h3-8,10-13H,9H2,1-2H3. The van der Waals surface area contributed by atoms with Gasteiger partial charge in [0, 0.05) is 0 Å². The van der Waals surface area contributed by atoms with Crippen molar-refractivity contribution < 1.29 is 0 Å². The number of hydrogen-bond donors (Lipinski definition) is 0. The number of hydrogen-bond acceptors (Lipinski definition) is 0. The number of benzene rings is 3. The fourth-order valence-electron chi connectivity index (χ4n) is 3.43. The first-order valence-electron chi connectivity index (χ1n) is 7.53. The normalized spacial score (nSPS) is 14.1. The van der Waals surface area contributed by atoms with Crippen LogP contribution in [0.15, 0.2) is 60.2 Å². The smallest absolute Gasteiger partial charge is 0.00819 e. The van der Waals surface area contributed by atoms with Gasteiger partial charge in [0.05, 0.1) is 0 Å². The quantitative estimate of drug-likeness (QED) is 0.452. The summed E-state index contributed by atoms with van der Waals surface area (Å²) < 4.78 is 0. The zero-order chi connectivity index (χ0) is 14.4. The SMILES string of the molecule is CC1=Cc2c(c3ccc(C)cc3c3ccccc23)CC=C1. The minimum atomic E-state index is 1.01. The monoisotopic (exact) mass is 270 g/mol. The van der Waals surface area contributed by atoms with E-state index in [-0.39, 0.29) is 0 Å². The molecule has 0 spiro atoms. The molecule has 0 saturated heterocycles. The summed E-state index contributed by atoms with van der Waals surface area (Å²) in [5.74, 6) is 0. The van der Waals surface area contributed by atoms with E-state index in [4.69, 9.17) is 0 Å². The zero-order valence-electron chi connectivity index (χ0n) is 12.5. The molecule has 0 atom stereocenters. The topological polar surface area (TPSA) is 0 Å². The van der Waals surface area contributed by atoms with E-state index in [2.05, 4.69) is 74.5 Å². The maximum atomic E-state index is 2.33. The highest BCUT2D eigenvalue weighted by Gasteiger charge is 2.13. The summed E-state index contributed by atoms with van der Waals surface area (Å²) in [4.78, 5) is 0. The largest absolute Gasteiger partial charge is 0.0798 e. The highest BCUT2D eigenvalue weighted by Crippen LogP contribution is 2.36. The van der Waals surface area contributed by atoms with Gasteiger partial charge in [-0.25, -0.2) is 0 Å². The minimum absolute atomic E-state index is 1.01. The van der Waals surface area contributed by atoms with Crippen LogP contribution in [0.1, 0.15) is 23.6 Å². The van der Waals surface area contributed by atoms with Crippen molar-refractivity contribution in [3.05, 3.63) is 76.9 Å². The van der Waals surface area contributed by atoms with Crippen LogP contribution in [0.25, 0.3) is 27.6 Å². The Morgan fingerprint density at radius 2 is 1.62 bits per heavy atom. The molecule has 1 aliphatic carbocycles. The number of allylic oxidation sites excluding steroid dienone is 3. The second-order valence-corrected chi connectivity index (χ2v) is 5.98. The Balaban J connectivity index is 2.28. The number of aryl methyl sites for hydroxylation is 1. The van der Waals surface area contributed by atoms with E-state index in [1.54, 1.807) is 0 Å². The third-order valence-electron chi connectivity index (χ3n) is 4.41. The minimum Gasteiger partial charge on any atom is -0.0798 e. The summed E-state index contributed by atoms with van der Waals surface area (Å²) >= 11 is 0. The van der Waals surface area contributed by atoms with Gasteiger partial charge in [-0.15, -0.1) is 0 Å². The molecule has 0 nitrogen and oxygen atoms in total. The van der Waals surface area contributed by atoms with E-state index in [9.17, 15) is 0 Å². The molecular weight excluding hydrogens is 252 g/mol. The van der Waals surface area contributed by atoms with Crippen molar-refractivity contribution in [3.63, 3.8) is 0 Å². The van der Waals surface area contributed by atoms with Gasteiger partial charge in [-0.05, 0) is 52.9 Å². The maximum absolute atomic E-state index is 2.33. The average molecular weight is 270 g/mol. The second-order valence-electron chi connectivity index (χ2n) is 5.98. The van der Waals surface area contributed by atoms with Gasteiger partial charge in [-0.1, -0.05) is 71.8 Å². The molecule has 0 amide bonds. The van der Waals surface area contributed by atoms with Crippen LogP contribution in [0.2, 0.25) is 0 Å². The first kappa shape index (κ1) is 12.4. The van der Waals surface area contributed by atoms with E-state index < -0.39 is 0 Å². The summed E-state index contributed by atoms with van der Waals surface area (Å²) in [5, 5.41) is 5.50. The molecule has 0 N–H and O–H groups in total. The lowest BCUT2D eigenvalue weighted by molar-refractivity contribution is 1.30. The molecule has 21 heavy (non-hydrogen) atoms. The first-order chi connectivity index (χ1) is 10.2. The first-order valence-corrected chi connectivity index (χ1v) is 7.53. The highest BCUT2D eigenvalue weighted by atomic mass is 14.2. The van der Waals surface area contributed by atoms with Crippen molar-refractivity contribution in [2.75, 3.05) is 0 Å². The van der Waals surface area contributed by atoms with Crippen LogP contribution in [0.5, 0.6) is 0 Å². The van der Waals surface area contributed by atoms with Crippen molar-refractivity contribution in [2.24, 2.45) is 0 Å². The summed E-state index contributed by atoms with van der Waals surface area (Å²) in [6.45, 7) is 4.35. The summed E-state index contributed by atoms with van der Waals surface area (Å²) in [5.41, 5.74) is 5.50. The zero-order valence-corrected chi connectivity index (χ0v) is 12.5. The Bertz CT molecular complexity index is 924. The number of rotatable bonds is 0. The Morgan fingerprint density at radius 1 is 0.810 bits per heavy atom. The van der Waals surface area contributed by atoms with E-state index in [0.29, 0.717) is 0 Å². The van der Waals surface area contributed by atoms with Crippen LogP contribution in [0.4, 0.5) is 0 Å². The molecule has 0 heterocycles. The van der Waals surface area contributed by atoms with E-state index >= 15 is 0 Å². The third kappa shape index (κ3) is 1.91. The molecule has 0 fully saturated rings. The van der Waals surface area contributed by atoms with Crippen molar-refractivity contribution in [1.82, 2.24) is 0 Å². The molecule has 0 radical (unpaired) electrons. The van der Waals surface area contributed by atoms with Crippen LogP contribution in [0.3, 0.4) is 0 Å². The molecule has 4 rings (SSSR count). The molecule has 0 heteroatoms. The predicted octanol–water partition coefficient (Wildman–Crippen LogP) is 5.82. The Labute approximate surface area is 125 Å². The van der Waals surface area contributed by atoms with Gasteiger partial charge in [0.25, 0.3) is 0 Å². The summed E-state index contributed by atoms with van der Waals surface area (Å²) in [7, 11) is 0. The van der Waals surface area contributed by atoms with Gasteiger partial charge in [0.2, 0.25) is 0 Å². The van der Waals surface area contributed by atoms with Crippen molar-refractivity contribution >= 4 is 27.6 Å². The molecule has 0 saturated carbocycles.